The summed E-state index contributed by atoms with van der Waals surface area (Å²) in [6.07, 6.45) is -14.6. The summed E-state index contributed by atoms with van der Waals surface area (Å²) in [5, 5.41) is -1.31. The molecule has 0 aliphatic carbocycles. The largest absolute Gasteiger partial charge is 0.503 e. The van der Waals surface area contributed by atoms with Crippen molar-refractivity contribution in [2.45, 2.75) is 25.1 Å². The van der Waals surface area contributed by atoms with Crippen molar-refractivity contribution in [3.8, 4) is 11.5 Å². The van der Waals surface area contributed by atoms with Gasteiger partial charge in [-0.05, 0) is 11.1 Å². The molecule has 2 rings (SSSR count). The van der Waals surface area contributed by atoms with Crippen LogP contribution in [0.25, 0.3) is 5.57 Å². The van der Waals surface area contributed by atoms with Gasteiger partial charge >= 0.3 is 18.3 Å². The minimum Gasteiger partial charge on any atom is -0.503 e. The predicted molar refractivity (Wildman–Crippen MR) is 111 cm³/mol. The van der Waals surface area contributed by atoms with E-state index in [-0.39, 0.29) is 17.9 Å². The number of ether oxygens (including phenoxy) is 4. The quantitative estimate of drug-likeness (QED) is 0.157. The highest BCUT2D eigenvalue weighted by Crippen LogP contribution is 2.43. The van der Waals surface area contributed by atoms with Crippen LogP contribution in [0.15, 0.2) is 42.7 Å². The predicted octanol–water partition coefficient (Wildman–Crippen LogP) is 6.60. The number of rotatable bonds is 9. The Morgan fingerprint density at radius 1 is 1.06 bits per heavy atom. The molecule has 0 fully saturated rings. The summed E-state index contributed by atoms with van der Waals surface area (Å²) in [4.78, 5) is 12.1. The van der Waals surface area contributed by atoms with Crippen molar-refractivity contribution in [2.24, 2.45) is 0 Å². The number of hydrogen-bond donors (Lipinski definition) is 0. The fourth-order valence-corrected chi connectivity index (χ4v) is 3.16. The van der Waals surface area contributed by atoms with E-state index in [0.717, 1.165) is 12.1 Å². The Balaban J connectivity index is 2.27. The van der Waals surface area contributed by atoms with Gasteiger partial charge in [-0.1, -0.05) is 47.5 Å². The van der Waals surface area contributed by atoms with Crippen molar-refractivity contribution in [3.05, 3.63) is 63.8 Å². The first-order valence-corrected chi connectivity index (χ1v) is 9.86. The van der Waals surface area contributed by atoms with Crippen LogP contribution in [0.1, 0.15) is 11.1 Å². The van der Waals surface area contributed by atoms with Gasteiger partial charge in [-0.3, -0.25) is 0 Å². The molecule has 0 aromatic heterocycles. The van der Waals surface area contributed by atoms with Gasteiger partial charge in [0.1, 0.15) is 17.9 Å². The maximum Gasteiger partial charge on any atom is 0.439 e. The van der Waals surface area contributed by atoms with Crippen LogP contribution in [-0.2, 0) is 20.9 Å². The van der Waals surface area contributed by atoms with Crippen molar-refractivity contribution in [3.63, 3.8) is 0 Å². The minimum absolute atomic E-state index is 0.0802. The maximum absolute atomic E-state index is 13.6. The molecule has 1 atom stereocenters. The van der Waals surface area contributed by atoms with Crippen LogP contribution in [0.3, 0.4) is 0 Å². The van der Waals surface area contributed by atoms with E-state index in [1.54, 1.807) is 24.3 Å². The number of benzene rings is 2. The Labute approximate surface area is 199 Å². The van der Waals surface area contributed by atoms with E-state index in [2.05, 4.69) is 4.74 Å². The van der Waals surface area contributed by atoms with E-state index in [1.807, 2.05) is 0 Å². The van der Waals surface area contributed by atoms with Gasteiger partial charge in [-0.2, -0.15) is 22.0 Å². The molecule has 0 aliphatic heterocycles. The fourth-order valence-electron chi connectivity index (χ4n) is 2.62. The molecule has 1 unspecified atom stereocenters. The van der Waals surface area contributed by atoms with E-state index < -0.39 is 40.2 Å². The van der Waals surface area contributed by atoms with Gasteiger partial charge in [-0.15, -0.1) is 0 Å². The van der Waals surface area contributed by atoms with Crippen molar-refractivity contribution >= 4 is 34.7 Å². The molecule has 2 aromatic carbocycles. The van der Waals surface area contributed by atoms with E-state index in [1.165, 1.54) is 20.5 Å². The third-order valence-electron chi connectivity index (χ3n) is 4.14. The van der Waals surface area contributed by atoms with Gasteiger partial charge < -0.3 is 18.9 Å². The standard InChI is InChI=1S/C21H16Cl2F6O5/c1-31-10-14(18(30)32-2)13-6-4-3-5-11(13)9-33-12-7-15(22)17(16(23)8-12)34-21(28,29)19(24)20(25,26)27/h3-8,10,19H,9H2,1-2H3/b14-10+. The highest BCUT2D eigenvalue weighted by atomic mass is 35.5. The topological polar surface area (TPSA) is 54.0 Å². The lowest BCUT2D eigenvalue weighted by molar-refractivity contribution is -0.304. The third kappa shape index (κ3) is 6.63. The molecule has 5 nitrogen and oxygen atoms in total. The molecule has 34 heavy (non-hydrogen) atoms. The zero-order valence-electron chi connectivity index (χ0n) is 17.4. The zero-order valence-corrected chi connectivity index (χ0v) is 18.9. The van der Waals surface area contributed by atoms with Crippen molar-refractivity contribution in [2.75, 3.05) is 14.2 Å². The molecule has 0 bridgehead atoms. The maximum atomic E-state index is 13.6. The smallest absolute Gasteiger partial charge is 0.439 e. The summed E-state index contributed by atoms with van der Waals surface area (Å²) in [5.41, 5.74) is 0.951. The summed E-state index contributed by atoms with van der Waals surface area (Å²) >= 11 is 11.6. The van der Waals surface area contributed by atoms with Gasteiger partial charge in [0.2, 0.25) is 0 Å². The van der Waals surface area contributed by atoms with E-state index in [4.69, 9.17) is 37.4 Å². The lowest BCUT2D eigenvalue weighted by Crippen LogP contribution is -2.45. The van der Waals surface area contributed by atoms with E-state index in [0.29, 0.717) is 11.1 Å². The monoisotopic (exact) mass is 532 g/mol. The van der Waals surface area contributed by atoms with Crippen molar-refractivity contribution < 1.29 is 50.1 Å². The summed E-state index contributed by atoms with van der Waals surface area (Å²) in [6, 6.07) is 8.37. The molecule has 0 radical (unpaired) electrons. The van der Waals surface area contributed by atoms with E-state index >= 15 is 0 Å². The Hall–Kier alpha value is -2.79. The number of alkyl halides is 6. The number of hydrogen-bond acceptors (Lipinski definition) is 5. The molecule has 2 aromatic rings. The second kappa shape index (κ2) is 11.1. The number of carbonyl (C=O) groups is 1. The van der Waals surface area contributed by atoms with Gasteiger partial charge in [0.15, 0.2) is 5.75 Å². The second-order valence-electron chi connectivity index (χ2n) is 6.49. The van der Waals surface area contributed by atoms with Crippen LogP contribution >= 0.6 is 23.2 Å². The Morgan fingerprint density at radius 3 is 2.18 bits per heavy atom. The third-order valence-corrected chi connectivity index (χ3v) is 4.70. The van der Waals surface area contributed by atoms with Crippen molar-refractivity contribution in [1.29, 1.82) is 0 Å². The lowest BCUT2D eigenvalue weighted by atomic mass is 10.0. The molecule has 0 amide bonds. The van der Waals surface area contributed by atoms with Gasteiger partial charge in [-0.25, -0.2) is 9.18 Å². The normalized spacial score (nSPS) is 13.3. The highest BCUT2D eigenvalue weighted by Gasteiger charge is 2.59. The molecule has 0 heterocycles. The number of esters is 1. The number of carbonyl (C=O) groups excluding carboxylic acids is 1. The summed E-state index contributed by atoms with van der Waals surface area (Å²) < 4.78 is 96.3. The first-order valence-electron chi connectivity index (χ1n) is 9.10. The van der Waals surface area contributed by atoms with Crippen molar-refractivity contribution in [1.82, 2.24) is 0 Å². The highest BCUT2D eigenvalue weighted by molar-refractivity contribution is 6.37. The molecule has 0 saturated carbocycles. The second-order valence-corrected chi connectivity index (χ2v) is 7.30. The SMILES string of the molecule is CO/C=C(/C(=O)OC)c1ccccc1COc1cc(Cl)c(OC(F)(F)C(F)C(F)(F)F)c(Cl)c1. The van der Waals surface area contributed by atoms with Gasteiger partial charge in [0, 0.05) is 12.1 Å². The van der Waals surface area contributed by atoms with Gasteiger partial charge in [0.05, 0.1) is 30.5 Å². The zero-order chi connectivity index (χ0) is 25.7. The van der Waals surface area contributed by atoms with Crippen LogP contribution in [0.4, 0.5) is 26.3 Å². The summed E-state index contributed by atoms with van der Waals surface area (Å²) in [7, 11) is 2.51. The first-order chi connectivity index (χ1) is 15.8. The van der Waals surface area contributed by atoms with Crippen LogP contribution < -0.4 is 9.47 Å². The number of methoxy groups -OCH3 is 2. The van der Waals surface area contributed by atoms with Crippen LogP contribution in [0.5, 0.6) is 11.5 Å². The summed E-state index contributed by atoms with van der Waals surface area (Å²) in [5.74, 6) is -1.83. The Morgan fingerprint density at radius 2 is 1.65 bits per heavy atom. The number of halogens is 8. The van der Waals surface area contributed by atoms with Crippen LogP contribution in [-0.4, -0.2) is 38.6 Å². The lowest BCUT2D eigenvalue weighted by Gasteiger charge is -2.24. The fraction of sp³-hybridized carbons (Fsp3) is 0.286. The average molecular weight is 533 g/mol. The van der Waals surface area contributed by atoms with Crippen LogP contribution in [0.2, 0.25) is 10.0 Å². The molecule has 0 N–H and O–H groups in total. The Bertz CT molecular complexity index is 1040. The van der Waals surface area contributed by atoms with Gasteiger partial charge in [0.25, 0.3) is 6.17 Å². The summed E-state index contributed by atoms with van der Waals surface area (Å²) in [6.45, 7) is -0.183. The Kier molecular flexibility index (Phi) is 8.96. The molecule has 13 heteroatoms. The molecule has 0 spiro atoms. The minimum atomic E-state index is -5.88. The first kappa shape index (κ1) is 27.5. The van der Waals surface area contributed by atoms with Crippen LogP contribution in [0, 0.1) is 0 Å². The van der Waals surface area contributed by atoms with E-state index in [9.17, 15) is 31.1 Å². The molecule has 0 saturated heterocycles. The molecule has 0 aliphatic rings. The average Bonchev–Trinajstić information content (AvgIpc) is 2.77. The molecular formula is C21H16Cl2F6O5. The molecule has 186 valence electrons. The molecular weight excluding hydrogens is 517 g/mol.